The van der Waals surface area contributed by atoms with Crippen molar-refractivity contribution < 1.29 is 14.3 Å². The lowest BCUT2D eigenvalue weighted by Crippen LogP contribution is -2.11. The molecule has 0 spiro atoms. The number of fused-ring (bicyclic) bond motifs is 1. The van der Waals surface area contributed by atoms with Crippen LogP contribution in [-0.4, -0.2) is 24.8 Å². The molecule has 1 aromatic heterocycles. The van der Waals surface area contributed by atoms with Crippen molar-refractivity contribution in [2.75, 3.05) is 19.2 Å². The Kier molecular flexibility index (Phi) is 3.77. The van der Waals surface area contributed by atoms with Crippen molar-refractivity contribution >= 4 is 23.3 Å². The molecule has 1 aromatic carbocycles. The summed E-state index contributed by atoms with van der Waals surface area (Å²) in [6.45, 7) is 0.303. The summed E-state index contributed by atoms with van der Waals surface area (Å²) >= 11 is 5.98. The molecule has 0 bridgehead atoms. The third-order valence-electron chi connectivity index (χ3n) is 3.23. The second kappa shape index (κ2) is 5.71. The number of methoxy groups -OCH3 is 1. The van der Waals surface area contributed by atoms with E-state index < -0.39 is 6.10 Å². The maximum Gasteiger partial charge on any atom is 0.339 e. The molecule has 1 N–H and O–H groups in total. The Balaban J connectivity index is 2.03. The molecule has 0 radical (unpaired) electrons. The second-order valence-corrected chi connectivity index (χ2v) is 5.01. The molecule has 2 aromatic rings. The summed E-state index contributed by atoms with van der Waals surface area (Å²) < 4.78 is 10.5. The topological polar surface area (TPSA) is 60.4 Å². The molecule has 5 nitrogen and oxygen atoms in total. The molecule has 108 valence electrons. The first-order valence-corrected chi connectivity index (χ1v) is 6.76. The lowest BCUT2D eigenvalue weighted by molar-refractivity contribution is 0.0450. The van der Waals surface area contributed by atoms with E-state index in [4.69, 9.17) is 21.1 Å². The molecule has 1 aliphatic heterocycles. The van der Waals surface area contributed by atoms with E-state index in [9.17, 15) is 4.79 Å². The van der Waals surface area contributed by atoms with Gasteiger partial charge in [0.25, 0.3) is 0 Å². The molecule has 0 amide bonds. The van der Waals surface area contributed by atoms with Crippen LogP contribution >= 0.6 is 11.6 Å². The fraction of sp³-hybridized carbons (Fsp3) is 0.200. The van der Waals surface area contributed by atoms with Crippen molar-refractivity contribution in [2.24, 2.45) is 0 Å². The predicted molar refractivity (Wildman–Crippen MR) is 78.4 cm³/mol. The molecule has 0 aliphatic carbocycles. The van der Waals surface area contributed by atoms with Gasteiger partial charge in [0.2, 0.25) is 0 Å². The van der Waals surface area contributed by atoms with Gasteiger partial charge in [0.15, 0.2) is 6.10 Å². The SMILES string of the molecule is COCNc1cc(Cl)cnc1C1OC(=O)c2ccccc21. The maximum atomic E-state index is 11.9. The molecule has 21 heavy (non-hydrogen) atoms. The van der Waals surface area contributed by atoms with Crippen LogP contribution in [0.5, 0.6) is 0 Å². The van der Waals surface area contributed by atoms with Crippen LogP contribution in [0.4, 0.5) is 5.69 Å². The number of rotatable bonds is 4. The number of hydrogen-bond donors (Lipinski definition) is 1. The summed E-state index contributed by atoms with van der Waals surface area (Å²) in [7, 11) is 1.58. The Hall–Kier alpha value is -2.11. The lowest BCUT2D eigenvalue weighted by Gasteiger charge is -2.16. The number of aromatic nitrogens is 1. The summed E-state index contributed by atoms with van der Waals surface area (Å²) in [5, 5.41) is 3.56. The highest BCUT2D eigenvalue weighted by Gasteiger charge is 2.34. The zero-order valence-electron chi connectivity index (χ0n) is 11.3. The quantitative estimate of drug-likeness (QED) is 0.695. The van der Waals surface area contributed by atoms with E-state index in [1.165, 1.54) is 6.20 Å². The van der Waals surface area contributed by atoms with Gasteiger partial charge in [0.1, 0.15) is 12.4 Å². The third kappa shape index (κ3) is 2.57. The Bertz CT molecular complexity index is 690. The average Bonchev–Trinajstić information content (AvgIpc) is 2.83. The monoisotopic (exact) mass is 304 g/mol. The number of hydrogen-bond acceptors (Lipinski definition) is 5. The Labute approximate surface area is 126 Å². The van der Waals surface area contributed by atoms with Crippen LogP contribution in [0.3, 0.4) is 0 Å². The van der Waals surface area contributed by atoms with Crippen LogP contribution in [0.15, 0.2) is 36.5 Å². The van der Waals surface area contributed by atoms with Gasteiger partial charge in [-0.3, -0.25) is 4.98 Å². The molecule has 0 fully saturated rings. The smallest absolute Gasteiger partial charge is 0.339 e. The minimum atomic E-state index is -0.537. The molecule has 0 saturated carbocycles. The fourth-order valence-electron chi connectivity index (χ4n) is 2.30. The largest absolute Gasteiger partial charge is 0.447 e. The molecule has 2 heterocycles. The first-order valence-electron chi connectivity index (χ1n) is 6.39. The van der Waals surface area contributed by atoms with Gasteiger partial charge in [-0.2, -0.15) is 0 Å². The number of pyridine rings is 1. The summed E-state index contributed by atoms with van der Waals surface area (Å²) in [5.74, 6) is -0.343. The molecule has 1 unspecified atom stereocenters. The Morgan fingerprint density at radius 1 is 1.43 bits per heavy atom. The minimum Gasteiger partial charge on any atom is -0.447 e. The normalized spacial score (nSPS) is 16.5. The van der Waals surface area contributed by atoms with E-state index in [2.05, 4.69) is 10.3 Å². The van der Waals surface area contributed by atoms with Gasteiger partial charge in [0.05, 0.1) is 16.3 Å². The van der Waals surface area contributed by atoms with Crippen molar-refractivity contribution in [1.82, 2.24) is 4.98 Å². The zero-order chi connectivity index (χ0) is 14.8. The molecule has 3 rings (SSSR count). The molecule has 1 atom stereocenters. The number of halogens is 1. The molecule has 1 aliphatic rings. The third-order valence-corrected chi connectivity index (χ3v) is 3.44. The average molecular weight is 305 g/mol. The summed E-state index contributed by atoms with van der Waals surface area (Å²) in [6, 6.07) is 9.02. The zero-order valence-corrected chi connectivity index (χ0v) is 12.1. The number of nitrogens with zero attached hydrogens (tertiary/aromatic N) is 1. The van der Waals surface area contributed by atoms with Crippen molar-refractivity contribution in [3.63, 3.8) is 0 Å². The van der Waals surface area contributed by atoms with Crippen molar-refractivity contribution in [1.29, 1.82) is 0 Å². The number of ether oxygens (including phenoxy) is 2. The van der Waals surface area contributed by atoms with Crippen LogP contribution < -0.4 is 5.32 Å². The highest BCUT2D eigenvalue weighted by molar-refractivity contribution is 6.30. The van der Waals surface area contributed by atoms with Gasteiger partial charge in [0, 0.05) is 18.9 Å². The van der Waals surface area contributed by atoms with E-state index in [0.717, 1.165) is 5.56 Å². The second-order valence-electron chi connectivity index (χ2n) is 4.57. The van der Waals surface area contributed by atoms with E-state index in [0.29, 0.717) is 28.7 Å². The number of cyclic esters (lactones) is 1. The number of nitrogens with one attached hydrogen (secondary N) is 1. The van der Waals surface area contributed by atoms with Crippen LogP contribution in [0.25, 0.3) is 0 Å². The van der Waals surface area contributed by atoms with Crippen molar-refractivity contribution in [2.45, 2.75) is 6.10 Å². The van der Waals surface area contributed by atoms with Gasteiger partial charge in [-0.15, -0.1) is 0 Å². The first kappa shape index (κ1) is 13.9. The Morgan fingerprint density at radius 3 is 3.05 bits per heavy atom. The number of carbonyl (C=O) groups is 1. The first-order chi connectivity index (χ1) is 10.2. The van der Waals surface area contributed by atoms with Gasteiger partial charge in [-0.05, 0) is 12.1 Å². The molecule has 0 saturated heterocycles. The van der Waals surface area contributed by atoms with E-state index >= 15 is 0 Å². The fourth-order valence-corrected chi connectivity index (χ4v) is 2.46. The maximum absolute atomic E-state index is 11.9. The molecular formula is C15H13ClN2O3. The van der Waals surface area contributed by atoms with E-state index in [1.54, 1.807) is 19.2 Å². The molecular weight excluding hydrogens is 292 g/mol. The lowest BCUT2D eigenvalue weighted by atomic mass is 10.0. The van der Waals surface area contributed by atoms with Crippen LogP contribution in [-0.2, 0) is 9.47 Å². The standard InChI is InChI=1S/C15H13ClN2O3/c1-20-8-18-12-6-9(16)7-17-13(12)14-10-4-2-3-5-11(10)15(19)21-14/h2-7,14,18H,8H2,1H3. The highest BCUT2D eigenvalue weighted by Crippen LogP contribution is 2.38. The van der Waals surface area contributed by atoms with Gasteiger partial charge in [-0.25, -0.2) is 4.79 Å². The predicted octanol–water partition coefficient (Wildman–Crippen LogP) is 3.01. The van der Waals surface area contributed by atoms with E-state index in [-0.39, 0.29) is 5.97 Å². The van der Waals surface area contributed by atoms with Crippen molar-refractivity contribution in [3.05, 3.63) is 58.4 Å². The number of carbonyl (C=O) groups excluding carboxylic acids is 1. The number of benzene rings is 1. The summed E-state index contributed by atoms with van der Waals surface area (Å²) in [5.41, 5.74) is 2.66. The highest BCUT2D eigenvalue weighted by atomic mass is 35.5. The molecule has 6 heteroatoms. The summed E-state index contributed by atoms with van der Waals surface area (Å²) in [4.78, 5) is 16.2. The van der Waals surface area contributed by atoms with Gasteiger partial charge in [-0.1, -0.05) is 29.8 Å². The number of anilines is 1. The van der Waals surface area contributed by atoms with Crippen LogP contribution in [0.1, 0.15) is 27.7 Å². The minimum absolute atomic E-state index is 0.303. The van der Waals surface area contributed by atoms with Crippen molar-refractivity contribution in [3.8, 4) is 0 Å². The van der Waals surface area contributed by atoms with Crippen LogP contribution in [0, 0.1) is 0 Å². The number of esters is 1. The van der Waals surface area contributed by atoms with Gasteiger partial charge < -0.3 is 14.8 Å². The Morgan fingerprint density at radius 2 is 2.24 bits per heavy atom. The van der Waals surface area contributed by atoms with Crippen LogP contribution in [0.2, 0.25) is 5.02 Å². The van der Waals surface area contributed by atoms with E-state index in [1.807, 2.05) is 18.2 Å². The summed E-state index contributed by atoms with van der Waals surface area (Å²) in [6.07, 6.45) is 0.995. The van der Waals surface area contributed by atoms with Gasteiger partial charge >= 0.3 is 5.97 Å².